The van der Waals surface area contributed by atoms with Crippen molar-refractivity contribution >= 4 is 6.98 Å². The van der Waals surface area contributed by atoms with Crippen molar-refractivity contribution in [3.63, 3.8) is 0 Å². The Balaban J connectivity index is 0.000000640. The van der Waals surface area contributed by atoms with Crippen LogP contribution in [0.4, 0.5) is 12.9 Å². The van der Waals surface area contributed by atoms with Crippen molar-refractivity contribution in [2.24, 2.45) is 5.92 Å². The molecule has 0 amide bonds. The van der Waals surface area contributed by atoms with Gasteiger partial charge in [-0.1, -0.05) is 25.1 Å². The maximum absolute atomic E-state index is 11.6. The van der Waals surface area contributed by atoms with E-state index >= 15 is 0 Å². The molecule has 0 aliphatic heterocycles. The molecule has 0 unspecified atom stereocenters. The summed E-state index contributed by atoms with van der Waals surface area (Å²) in [6, 6.07) is 0. The maximum atomic E-state index is 11.6. The number of hydrogen-bond donors (Lipinski definition) is 0. The van der Waals surface area contributed by atoms with Crippen LogP contribution in [0.2, 0.25) is 5.82 Å². The van der Waals surface area contributed by atoms with Gasteiger partial charge in [-0.15, -0.1) is 0 Å². The van der Waals surface area contributed by atoms with Gasteiger partial charge in [-0.2, -0.15) is 0 Å². The van der Waals surface area contributed by atoms with Gasteiger partial charge in [0.2, 0.25) is 0 Å². The zero-order chi connectivity index (χ0) is 6.36. The third-order valence-corrected chi connectivity index (χ3v) is 1.66. The molecule has 0 saturated heterocycles. The molecule has 9 heavy (non-hydrogen) atoms. The molecule has 0 aromatic heterocycles. The molecule has 5 heteroatoms. The Labute approximate surface area is 95.1 Å². The molecule has 1 fully saturated rings. The second kappa shape index (κ2) is 3.26. The summed E-state index contributed by atoms with van der Waals surface area (Å²) < 4.78 is 34.7. The van der Waals surface area contributed by atoms with Crippen molar-refractivity contribution in [1.82, 2.24) is 0 Å². The van der Waals surface area contributed by atoms with E-state index in [-0.39, 0.29) is 57.3 Å². The Kier molecular flexibility index (Phi) is 3.80. The van der Waals surface area contributed by atoms with Crippen LogP contribution in [-0.2, 0) is 0 Å². The third kappa shape index (κ3) is 2.93. The molecule has 1 aliphatic carbocycles. The van der Waals surface area contributed by atoms with Crippen LogP contribution < -0.4 is 51.4 Å². The minimum absolute atomic E-state index is 0. The normalized spacial score (nSPS) is 33.3. The molecule has 0 aromatic rings. The molecule has 1 saturated carbocycles. The van der Waals surface area contributed by atoms with Crippen molar-refractivity contribution in [3.8, 4) is 0 Å². The van der Waals surface area contributed by atoms with Crippen LogP contribution in [0.5, 0.6) is 0 Å². The molecular formula is C4H7BF3K. The van der Waals surface area contributed by atoms with Crippen LogP contribution >= 0.6 is 0 Å². The standard InChI is InChI=1S/C4H7BF3.K/c1-3-2-4(3)5(6,7)8;/h3-4H,2H2,1H3;/q-1;+1/t3-,4+;/m0./s1. The molecule has 0 N–H and O–H groups in total. The van der Waals surface area contributed by atoms with Crippen LogP contribution in [0.25, 0.3) is 0 Å². The first-order chi connectivity index (χ1) is 3.52. The Morgan fingerprint density at radius 1 is 1.33 bits per heavy atom. The molecule has 0 heterocycles. The second-order valence-electron chi connectivity index (χ2n) is 2.50. The summed E-state index contributed by atoms with van der Waals surface area (Å²) in [5, 5.41) is 0. The summed E-state index contributed by atoms with van der Waals surface area (Å²) in [5.41, 5.74) is 0. The number of halogens is 3. The summed E-state index contributed by atoms with van der Waals surface area (Å²) in [6.45, 7) is -2.85. The first-order valence-electron chi connectivity index (χ1n) is 2.72. The summed E-state index contributed by atoms with van der Waals surface area (Å²) in [5.74, 6) is -1.01. The molecular weight excluding hydrogens is 155 g/mol. The quantitative estimate of drug-likeness (QED) is 0.445. The Hall–Kier alpha value is 1.49. The fraction of sp³-hybridized carbons (Fsp3) is 1.00. The first-order valence-corrected chi connectivity index (χ1v) is 2.72. The number of rotatable bonds is 1. The zero-order valence-electron chi connectivity index (χ0n) is 5.57. The maximum Gasteiger partial charge on any atom is 1.00 e. The summed E-state index contributed by atoms with van der Waals surface area (Å²) in [7, 11) is 0. The largest absolute Gasteiger partial charge is 1.00 e. The fourth-order valence-corrected chi connectivity index (χ4v) is 0.878. The van der Waals surface area contributed by atoms with E-state index in [0.29, 0.717) is 6.42 Å². The van der Waals surface area contributed by atoms with E-state index in [1.165, 1.54) is 0 Å². The Morgan fingerprint density at radius 3 is 1.67 bits per heavy atom. The van der Waals surface area contributed by atoms with Gasteiger partial charge in [-0.3, -0.25) is 0 Å². The van der Waals surface area contributed by atoms with E-state index in [4.69, 9.17) is 0 Å². The van der Waals surface area contributed by atoms with Gasteiger partial charge in [-0.25, -0.2) is 0 Å². The van der Waals surface area contributed by atoms with Crippen LogP contribution in [-0.4, -0.2) is 6.98 Å². The van der Waals surface area contributed by atoms with E-state index in [1.807, 2.05) is 0 Å². The second-order valence-corrected chi connectivity index (χ2v) is 2.50. The predicted molar refractivity (Wildman–Crippen MR) is 26.6 cm³/mol. The SMILES string of the molecule is C[C@H]1C[C@H]1[B-](F)(F)F.[K+]. The summed E-state index contributed by atoms with van der Waals surface area (Å²) in [6.07, 6.45) is 0.365. The molecule has 0 aromatic carbocycles. The van der Waals surface area contributed by atoms with E-state index < -0.39 is 12.8 Å². The molecule has 1 aliphatic rings. The summed E-state index contributed by atoms with van der Waals surface area (Å²) >= 11 is 0. The van der Waals surface area contributed by atoms with Crippen LogP contribution in [0, 0.1) is 5.92 Å². The molecule has 0 radical (unpaired) electrons. The molecule has 1 rings (SSSR count). The van der Waals surface area contributed by atoms with Crippen molar-refractivity contribution in [2.45, 2.75) is 19.2 Å². The molecule has 2 atom stereocenters. The van der Waals surface area contributed by atoms with Gasteiger partial charge in [0.25, 0.3) is 0 Å². The van der Waals surface area contributed by atoms with E-state index in [0.717, 1.165) is 0 Å². The van der Waals surface area contributed by atoms with E-state index in [2.05, 4.69) is 0 Å². The molecule has 0 bridgehead atoms. The molecule has 48 valence electrons. The van der Waals surface area contributed by atoms with Crippen molar-refractivity contribution in [3.05, 3.63) is 0 Å². The monoisotopic (exact) mass is 162 g/mol. The van der Waals surface area contributed by atoms with Crippen molar-refractivity contribution in [2.75, 3.05) is 0 Å². The van der Waals surface area contributed by atoms with Gasteiger partial charge in [0.05, 0.1) is 0 Å². The smallest absolute Gasteiger partial charge is 0.449 e. The third-order valence-electron chi connectivity index (χ3n) is 1.66. The fourth-order valence-electron chi connectivity index (χ4n) is 0.878. The van der Waals surface area contributed by atoms with Crippen LogP contribution in [0.3, 0.4) is 0 Å². The van der Waals surface area contributed by atoms with Gasteiger partial charge in [0.1, 0.15) is 0 Å². The van der Waals surface area contributed by atoms with Crippen LogP contribution in [0.1, 0.15) is 13.3 Å². The van der Waals surface area contributed by atoms with E-state index in [9.17, 15) is 12.9 Å². The van der Waals surface area contributed by atoms with Gasteiger partial charge in [-0.05, 0) is 0 Å². The first kappa shape index (κ1) is 10.5. The predicted octanol–water partition coefficient (Wildman–Crippen LogP) is -0.752. The van der Waals surface area contributed by atoms with Crippen LogP contribution in [0.15, 0.2) is 0 Å². The summed E-state index contributed by atoms with van der Waals surface area (Å²) in [4.78, 5) is 0. The minimum atomic E-state index is -4.49. The van der Waals surface area contributed by atoms with Gasteiger partial charge in [0.15, 0.2) is 0 Å². The van der Waals surface area contributed by atoms with E-state index in [1.54, 1.807) is 6.92 Å². The number of hydrogen-bond acceptors (Lipinski definition) is 0. The van der Waals surface area contributed by atoms with Gasteiger partial charge in [0, 0.05) is 0 Å². The van der Waals surface area contributed by atoms with Crippen molar-refractivity contribution in [1.29, 1.82) is 0 Å². The molecule has 0 nitrogen and oxygen atoms in total. The van der Waals surface area contributed by atoms with Gasteiger partial charge >= 0.3 is 58.4 Å². The topological polar surface area (TPSA) is 0 Å². The Bertz CT molecular complexity index is 102. The Morgan fingerprint density at radius 2 is 1.67 bits per heavy atom. The molecule has 0 spiro atoms. The minimum Gasteiger partial charge on any atom is -0.449 e. The zero-order valence-corrected chi connectivity index (χ0v) is 8.70. The average molecular weight is 162 g/mol. The van der Waals surface area contributed by atoms with Gasteiger partial charge < -0.3 is 12.9 Å². The average Bonchev–Trinajstić information content (AvgIpc) is 2.13. The van der Waals surface area contributed by atoms with Crippen molar-refractivity contribution < 1.29 is 64.3 Å².